The third-order valence-corrected chi connectivity index (χ3v) is 7.79. The Balaban J connectivity index is 1.56. The molecule has 4 N–H and O–H groups in total. The molecule has 0 bridgehead atoms. The second kappa shape index (κ2) is 9.24. The number of carbonyl (C=O) groups excluding carboxylic acids is 3. The van der Waals surface area contributed by atoms with Crippen molar-refractivity contribution in [2.75, 3.05) is 31.6 Å². The number of nitrogens with one attached hydrogen (secondary N) is 3. The fourth-order valence-corrected chi connectivity index (χ4v) is 5.55. The van der Waals surface area contributed by atoms with E-state index < -0.39 is 46.4 Å². The molecule has 1 spiro atoms. The minimum atomic E-state index is -1.51. The number of piperazine rings is 1. The third-order valence-electron chi connectivity index (χ3n) is 7.79. The van der Waals surface area contributed by atoms with E-state index in [2.05, 4.69) is 20.6 Å². The molecule has 4 amide bonds. The van der Waals surface area contributed by atoms with Crippen LogP contribution in [0.2, 0.25) is 0 Å². The number of fused-ring (bicyclic) bond motifs is 4. The number of urea groups is 1. The number of imide groups is 2. The summed E-state index contributed by atoms with van der Waals surface area (Å²) in [7, 11) is 1.92. The number of amides is 4. The van der Waals surface area contributed by atoms with Gasteiger partial charge in [0.15, 0.2) is 5.41 Å². The standard InChI is InChI=1S/C25H29N7O6/c1-4-13(2)32-20(34)16(19(33)27-24(32)38)11-26-15-5-6-17-14(9-15)10-25(18-12-30(3)7-8-31(17)18)21(35)28-23(37)29-22(25)36/h5-6,9,11,13,18,34H,4,7-8,10,12H2,1-3H3,(H,27,33,38)(H2,28,29,35,36,37)/t13-,18-/m1/s1. The van der Waals surface area contributed by atoms with Crippen LogP contribution in [0.1, 0.15) is 37.4 Å². The van der Waals surface area contributed by atoms with Gasteiger partial charge < -0.3 is 14.9 Å². The zero-order chi connectivity index (χ0) is 27.4. The van der Waals surface area contributed by atoms with E-state index in [4.69, 9.17) is 0 Å². The summed E-state index contributed by atoms with van der Waals surface area (Å²) in [5.41, 5.74) is -1.20. The van der Waals surface area contributed by atoms with E-state index >= 15 is 0 Å². The van der Waals surface area contributed by atoms with Gasteiger partial charge in [-0.25, -0.2) is 9.59 Å². The number of carbonyl (C=O) groups is 3. The predicted molar refractivity (Wildman–Crippen MR) is 138 cm³/mol. The number of aromatic hydroxyl groups is 1. The van der Waals surface area contributed by atoms with E-state index in [0.29, 0.717) is 30.8 Å². The molecule has 3 aliphatic rings. The van der Waals surface area contributed by atoms with Crippen molar-refractivity contribution in [3.8, 4) is 5.88 Å². The lowest BCUT2D eigenvalue weighted by Crippen LogP contribution is -2.74. The SMILES string of the molecule is CC[C@@H](C)n1c(O)c(C=Nc2ccc3c(c2)CC2(C(=O)NC(=O)NC2=O)[C@H]2CN(C)CCN32)c(=O)[nH]c1=O. The minimum absolute atomic E-state index is 0.0520. The number of H-pyrrole nitrogens is 1. The molecule has 0 aliphatic carbocycles. The van der Waals surface area contributed by atoms with Crippen LogP contribution in [0.3, 0.4) is 0 Å². The molecule has 0 saturated carbocycles. The number of rotatable bonds is 4. The molecule has 0 unspecified atom stereocenters. The smallest absolute Gasteiger partial charge is 0.331 e. The summed E-state index contributed by atoms with van der Waals surface area (Å²) < 4.78 is 1.11. The maximum atomic E-state index is 13.2. The summed E-state index contributed by atoms with van der Waals surface area (Å²) in [4.78, 5) is 73.5. The van der Waals surface area contributed by atoms with Gasteiger partial charge in [-0.2, -0.15) is 0 Å². The van der Waals surface area contributed by atoms with Gasteiger partial charge in [0, 0.05) is 37.6 Å². The maximum Gasteiger partial charge on any atom is 0.331 e. The lowest BCUT2D eigenvalue weighted by atomic mass is 9.68. The Morgan fingerprint density at radius 1 is 1.16 bits per heavy atom. The molecule has 2 fully saturated rings. The average Bonchev–Trinajstić information content (AvgIpc) is 2.86. The molecule has 1 aromatic heterocycles. The highest BCUT2D eigenvalue weighted by molar-refractivity contribution is 6.20. The van der Waals surface area contributed by atoms with E-state index in [0.717, 1.165) is 16.8 Å². The number of aromatic nitrogens is 2. The van der Waals surface area contributed by atoms with Gasteiger partial charge in [0.2, 0.25) is 17.7 Å². The second-order valence-corrected chi connectivity index (χ2v) is 10.1. The lowest BCUT2D eigenvalue weighted by molar-refractivity contribution is -0.147. The van der Waals surface area contributed by atoms with Crippen LogP contribution in [0, 0.1) is 5.41 Å². The molecular formula is C25H29N7O6. The molecule has 200 valence electrons. The first-order valence-electron chi connectivity index (χ1n) is 12.4. The van der Waals surface area contributed by atoms with Crippen molar-refractivity contribution in [2.45, 2.75) is 38.8 Å². The van der Waals surface area contributed by atoms with Gasteiger partial charge in [0.1, 0.15) is 5.56 Å². The van der Waals surface area contributed by atoms with Gasteiger partial charge in [0.25, 0.3) is 5.56 Å². The molecule has 3 aliphatic heterocycles. The minimum Gasteiger partial charge on any atom is -0.494 e. The van der Waals surface area contributed by atoms with E-state index in [-0.39, 0.29) is 18.0 Å². The van der Waals surface area contributed by atoms with Crippen LogP contribution in [0.5, 0.6) is 5.88 Å². The number of anilines is 1. The van der Waals surface area contributed by atoms with Crippen LogP contribution in [0.25, 0.3) is 0 Å². The Hall–Kier alpha value is -4.26. The van der Waals surface area contributed by atoms with E-state index in [1.54, 1.807) is 19.1 Å². The van der Waals surface area contributed by atoms with Crippen LogP contribution in [0.4, 0.5) is 16.2 Å². The van der Waals surface area contributed by atoms with E-state index in [1.165, 1.54) is 6.21 Å². The molecule has 5 rings (SSSR count). The van der Waals surface area contributed by atoms with Gasteiger partial charge in [0.05, 0.1) is 11.7 Å². The molecule has 2 atom stereocenters. The summed E-state index contributed by atoms with van der Waals surface area (Å²) in [5, 5.41) is 15.2. The third kappa shape index (κ3) is 3.90. The number of barbiturate groups is 1. The maximum absolute atomic E-state index is 13.2. The number of hydrogen-bond donors (Lipinski definition) is 4. The molecule has 13 nitrogen and oxygen atoms in total. The van der Waals surface area contributed by atoms with Crippen molar-refractivity contribution in [2.24, 2.45) is 10.4 Å². The second-order valence-electron chi connectivity index (χ2n) is 10.1. The molecule has 4 heterocycles. The molecule has 2 saturated heterocycles. The van der Waals surface area contributed by atoms with Crippen LogP contribution in [0.15, 0.2) is 32.8 Å². The first-order chi connectivity index (χ1) is 18.1. The Labute approximate surface area is 217 Å². The molecule has 13 heteroatoms. The summed E-state index contributed by atoms with van der Waals surface area (Å²) >= 11 is 0. The number of likely N-dealkylation sites (N-methyl/N-ethyl adjacent to an activating group) is 1. The number of aliphatic imine (C=N–C) groups is 1. The normalized spacial score (nSPS) is 21.7. The van der Waals surface area contributed by atoms with Gasteiger partial charge in [-0.1, -0.05) is 6.92 Å². The Morgan fingerprint density at radius 3 is 2.55 bits per heavy atom. The fourth-order valence-electron chi connectivity index (χ4n) is 5.55. The summed E-state index contributed by atoms with van der Waals surface area (Å²) in [6.45, 7) is 5.36. The number of benzene rings is 1. The Bertz CT molecular complexity index is 1470. The van der Waals surface area contributed by atoms with Crippen molar-refractivity contribution < 1.29 is 19.5 Å². The Morgan fingerprint density at radius 2 is 1.87 bits per heavy atom. The zero-order valence-electron chi connectivity index (χ0n) is 21.3. The van der Waals surface area contributed by atoms with Crippen LogP contribution < -0.4 is 26.8 Å². The van der Waals surface area contributed by atoms with Crippen molar-refractivity contribution in [3.63, 3.8) is 0 Å². The predicted octanol–water partition coefficient (Wildman–Crippen LogP) is -0.00730. The number of nitrogens with zero attached hydrogens (tertiary/aromatic N) is 4. The largest absolute Gasteiger partial charge is 0.494 e. The molecule has 38 heavy (non-hydrogen) atoms. The van der Waals surface area contributed by atoms with Gasteiger partial charge >= 0.3 is 11.7 Å². The van der Waals surface area contributed by atoms with Crippen molar-refractivity contribution in [1.29, 1.82) is 0 Å². The van der Waals surface area contributed by atoms with Crippen LogP contribution >= 0.6 is 0 Å². The van der Waals surface area contributed by atoms with E-state index in [1.807, 2.05) is 29.8 Å². The highest BCUT2D eigenvalue weighted by Gasteiger charge is 2.60. The summed E-state index contributed by atoms with van der Waals surface area (Å²) in [5.74, 6) is -1.76. The fraction of sp³-hybridized carbons (Fsp3) is 0.440. The highest BCUT2D eigenvalue weighted by atomic mass is 16.3. The first kappa shape index (κ1) is 25.4. The molecule has 2 aromatic rings. The van der Waals surface area contributed by atoms with Crippen LogP contribution in [-0.4, -0.2) is 76.3 Å². The molecular weight excluding hydrogens is 494 g/mol. The highest BCUT2D eigenvalue weighted by Crippen LogP contribution is 2.45. The average molecular weight is 524 g/mol. The van der Waals surface area contributed by atoms with Crippen molar-refractivity contribution >= 4 is 35.4 Å². The summed E-state index contributed by atoms with van der Waals surface area (Å²) in [6, 6.07) is 3.64. The van der Waals surface area contributed by atoms with Crippen molar-refractivity contribution in [3.05, 3.63) is 50.2 Å². The number of aromatic amines is 1. The zero-order valence-corrected chi connectivity index (χ0v) is 21.3. The topological polar surface area (TPSA) is 169 Å². The summed E-state index contributed by atoms with van der Waals surface area (Å²) in [6.07, 6.45) is 1.79. The number of hydrogen-bond acceptors (Lipinski definition) is 9. The van der Waals surface area contributed by atoms with E-state index in [9.17, 15) is 29.1 Å². The monoisotopic (exact) mass is 523 g/mol. The van der Waals surface area contributed by atoms with Crippen LogP contribution in [-0.2, 0) is 16.0 Å². The molecule has 1 aromatic carbocycles. The first-order valence-corrected chi connectivity index (χ1v) is 12.4. The van der Waals surface area contributed by atoms with Gasteiger partial charge in [-0.05, 0) is 50.6 Å². The Kier molecular flexibility index (Phi) is 6.18. The van der Waals surface area contributed by atoms with Crippen molar-refractivity contribution in [1.82, 2.24) is 25.1 Å². The van der Waals surface area contributed by atoms with Gasteiger partial charge in [-0.15, -0.1) is 0 Å². The van der Waals surface area contributed by atoms with Gasteiger partial charge in [-0.3, -0.25) is 39.6 Å². The quantitative estimate of drug-likeness (QED) is 0.320. The lowest BCUT2D eigenvalue weighted by Gasteiger charge is -2.53. The molecule has 0 radical (unpaired) electrons.